The van der Waals surface area contributed by atoms with Crippen molar-refractivity contribution in [2.75, 3.05) is 26.6 Å². The van der Waals surface area contributed by atoms with E-state index in [0.29, 0.717) is 34.5 Å². The van der Waals surface area contributed by atoms with E-state index < -0.39 is 0 Å². The zero-order valence-electron chi connectivity index (χ0n) is 16.1. The second-order valence-corrected chi connectivity index (χ2v) is 6.22. The van der Waals surface area contributed by atoms with Gasteiger partial charge in [-0.2, -0.15) is 0 Å². The molecule has 0 aliphatic carbocycles. The average molecular weight is 394 g/mol. The van der Waals surface area contributed by atoms with Gasteiger partial charge in [0.1, 0.15) is 5.82 Å². The zero-order valence-corrected chi connectivity index (χ0v) is 16.1. The van der Waals surface area contributed by atoms with Gasteiger partial charge in [0, 0.05) is 24.0 Å². The van der Waals surface area contributed by atoms with Crippen molar-refractivity contribution in [3.8, 4) is 28.4 Å². The standard InChI is InChI=1S/C21H19FN4O3/c1-27-17-10-16(11-18(28-2)20(17)29-3)23-21-25-24-19-9-6-14(12-26(19)21)13-4-7-15(22)8-5-13/h4-12H,1-3H3,(H,23,25). The predicted octanol–water partition coefficient (Wildman–Crippen LogP) is 4.30. The molecule has 2 aromatic carbocycles. The molecule has 0 unspecified atom stereocenters. The van der Waals surface area contributed by atoms with Crippen molar-refractivity contribution in [2.45, 2.75) is 0 Å². The second-order valence-electron chi connectivity index (χ2n) is 6.22. The molecule has 29 heavy (non-hydrogen) atoms. The molecule has 0 atom stereocenters. The van der Waals surface area contributed by atoms with E-state index in [0.717, 1.165) is 11.1 Å². The first-order valence-electron chi connectivity index (χ1n) is 8.80. The van der Waals surface area contributed by atoms with Crippen LogP contribution in [-0.2, 0) is 0 Å². The lowest BCUT2D eigenvalue weighted by molar-refractivity contribution is 0.324. The number of pyridine rings is 1. The number of benzene rings is 2. The largest absolute Gasteiger partial charge is 0.493 e. The lowest BCUT2D eigenvalue weighted by Gasteiger charge is -2.14. The van der Waals surface area contributed by atoms with Crippen molar-refractivity contribution < 1.29 is 18.6 Å². The molecule has 0 aliphatic rings. The number of halogens is 1. The van der Waals surface area contributed by atoms with Crippen LogP contribution in [0.4, 0.5) is 16.0 Å². The number of fused-ring (bicyclic) bond motifs is 1. The Labute approximate surface area is 166 Å². The first-order chi connectivity index (χ1) is 14.1. The minimum atomic E-state index is -0.274. The summed E-state index contributed by atoms with van der Waals surface area (Å²) in [5.74, 6) is 1.79. The highest BCUT2D eigenvalue weighted by Crippen LogP contribution is 2.40. The van der Waals surface area contributed by atoms with Crippen LogP contribution >= 0.6 is 0 Å². The summed E-state index contributed by atoms with van der Waals surface area (Å²) in [6.07, 6.45) is 1.89. The Morgan fingerprint density at radius 2 is 1.48 bits per heavy atom. The van der Waals surface area contributed by atoms with E-state index in [9.17, 15) is 4.39 Å². The summed E-state index contributed by atoms with van der Waals surface area (Å²) in [6, 6.07) is 13.7. The fraction of sp³-hybridized carbons (Fsp3) is 0.143. The van der Waals surface area contributed by atoms with Gasteiger partial charge in [0.05, 0.1) is 21.3 Å². The molecule has 0 amide bonds. The highest BCUT2D eigenvalue weighted by molar-refractivity contribution is 5.69. The lowest BCUT2D eigenvalue weighted by Crippen LogP contribution is -2.00. The van der Waals surface area contributed by atoms with E-state index in [-0.39, 0.29) is 5.82 Å². The van der Waals surface area contributed by atoms with Gasteiger partial charge in [-0.1, -0.05) is 12.1 Å². The summed E-state index contributed by atoms with van der Waals surface area (Å²) in [4.78, 5) is 0. The predicted molar refractivity (Wildman–Crippen MR) is 108 cm³/mol. The van der Waals surface area contributed by atoms with Crippen LogP contribution in [-0.4, -0.2) is 35.9 Å². The number of methoxy groups -OCH3 is 3. The molecular weight excluding hydrogens is 375 g/mol. The van der Waals surface area contributed by atoms with Gasteiger partial charge in [-0.15, -0.1) is 10.2 Å². The van der Waals surface area contributed by atoms with Crippen LogP contribution in [0.3, 0.4) is 0 Å². The van der Waals surface area contributed by atoms with Gasteiger partial charge in [-0.3, -0.25) is 4.40 Å². The van der Waals surface area contributed by atoms with Crippen LogP contribution < -0.4 is 19.5 Å². The van der Waals surface area contributed by atoms with Gasteiger partial charge in [-0.05, 0) is 35.4 Å². The van der Waals surface area contributed by atoms with E-state index in [1.807, 2.05) is 22.7 Å². The topological polar surface area (TPSA) is 69.9 Å². The Bertz CT molecular complexity index is 1130. The number of rotatable bonds is 6. The van der Waals surface area contributed by atoms with Gasteiger partial charge >= 0.3 is 0 Å². The molecule has 0 bridgehead atoms. The maximum Gasteiger partial charge on any atom is 0.233 e. The van der Waals surface area contributed by atoms with Crippen molar-refractivity contribution in [2.24, 2.45) is 0 Å². The fourth-order valence-electron chi connectivity index (χ4n) is 3.07. The van der Waals surface area contributed by atoms with Crippen LogP contribution in [0.1, 0.15) is 0 Å². The van der Waals surface area contributed by atoms with Crippen LogP contribution in [0, 0.1) is 5.82 Å². The molecule has 0 aliphatic heterocycles. The Hall–Kier alpha value is -3.81. The maximum atomic E-state index is 13.2. The van der Waals surface area contributed by atoms with Crippen molar-refractivity contribution in [1.82, 2.24) is 14.6 Å². The first kappa shape index (κ1) is 18.5. The van der Waals surface area contributed by atoms with Crippen molar-refractivity contribution in [1.29, 1.82) is 0 Å². The first-order valence-corrected chi connectivity index (χ1v) is 8.80. The molecule has 0 spiro atoms. The minimum absolute atomic E-state index is 0.274. The lowest BCUT2D eigenvalue weighted by atomic mass is 10.1. The van der Waals surface area contributed by atoms with Gasteiger partial charge in [0.25, 0.3) is 0 Å². The number of nitrogens with one attached hydrogen (secondary N) is 1. The van der Waals surface area contributed by atoms with Gasteiger partial charge in [0.2, 0.25) is 11.7 Å². The number of nitrogens with zero attached hydrogens (tertiary/aromatic N) is 3. The molecule has 8 heteroatoms. The summed E-state index contributed by atoms with van der Waals surface area (Å²) in [5.41, 5.74) is 3.16. The number of hydrogen-bond donors (Lipinski definition) is 1. The van der Waals surface area contributed by atoms with Crippen molar-refractivity contribution in [3.63, 3.8) is 0 Å². The third kappa shape index (κ3) is 3.52. The molecule has 148 valence electrons. The molecule has 4 aromatic rings. The van der Waals surface area contributed by atoms with E-state index >= 15 is 0 Å². The molecule has 1 N–H and O–H groups in total. The molecular formula is C21H19FN4O3. The minimum Gasteiger partial charge on any atom is -0.493 e. The highest BCUT2D eigenvalue weighted by Gasteiger charge is 2.15. The third-order valence-electron chi connectivity index (χ3n) is 4.50. The Balaban J connectivity index is 1.73. The molecule has 0 fully saturated rings. The Kier molecular flexibility index (Phi) is 4.90. The monoisotopic (exact) mass is 394 g/mol. The zero-order chi connectivity index (χ0) is 20.4. The molecule has 2 aromatic heterocycles. The summed E-state index contributed by atoms with van der Waals surface area (Å²) in [6.45, 7) is 0. The average Bonchev–Trinajstić information content (AvgIpc) is 3.15. The van der Waals surface area contributed by atoms with E-state index in [1.165, 1.54) is 12.1 Å². The maximum absolute atomic E-state index is 13.2. The fourth-order valence-corrected chi connectivity index (χ4v) is 3.07. The molecule has 0 saturated heterocycles. The van der Waals surface area contributed by atoms with Crippen molar-refractivity contribution in [3.05, 3.63) is 60.5 Å². The molecule has 0 radical (unpaired) electrons. The SMILES string of the molecule is COc1cc(Nc2nnc3ccc(-c4ccc(F)cc4)cn23)cc(OC)c1OC. The number of anilines is 2. The molecule has 7 nitrogen and oxygen atoms in total. The summed E-state index contributed by atoms with van der Waals surface area (Å²) in [5, 5.41) is 11.6. The van der Waals surface area contributed by atoms with E-state index in [1.54, 1.807) is 45.6 Å². The highest BCUT2D eigenvalue weighted by atomic mass is 19.1. The second kappa shape index (κ2) is 7.67. The summed E-state index contributed by atoms with van der Waals surface area (Å²) < 4.78 is 31.2. The number of aromatic nitrogens is 3. The molecule has 0 saturated carbocycles. The smallest absolute Gasteiger partial charge is 0.233 e. The number of hydrogen-bond acceptors (Lipinski definition) is 6. The van der Waals surface area contributed by atoms with E-state index in [2.05, 4.69) is 15.5 Å². The third-order valence-corrected chi connectivity index (χ3v) is 4.50. The van der Waals surface area contributed by atoms with Crippen LogP contribution in [0.25, 0.3) is 16.8 Å². The summed E-state index contributed by atoms with van der Waals surface area (Å²) >= 11 is 0. The van der Waals surface area contributed by atoms with Gasteiger partial charge < -0.3 is 19.5 Å². The number of ether oxygens (including phenoxy) is 3. The van der Waals surface area contributed by atoms with E-state index in [4.69, 9.17) is 14.2 Å². The quantitative estimate of drug-likeness (QED) is 0.526. The van der Waals surface area contributed by atoms with Gasteiger partial charge in [0.15, 0.2) is 17.1 Å². The molecule has 2 heterocycles. The summed E-state index contributed by atoms with van der Waals surface area (Å²) in [7, 11) is 4.67. The van der Waals surface area contributed by atoms with Crippen LogP contribution in [0.15, 0.2) is 54.7 Å². The van der Waals surface area contributed by atoms with Crippen molar-refractivity contribution >= 4 is 17.3 Å². The van der Waals surface area contributed by atoms with Crippen LogP contribution in [0.5, 0.6) is 17.2 Å². The molecule has 4 rings (SSSR count). The Morgan fingerprint density at radius 1 is 0.828 bits per heavy atom. The Morgan fingerprint density at radius 3 is 2.10 bits per heavy atom. The van der Waals surface area contributed by atoms with Gasteiger partial charge in [-0.25, -0.2) is 4.39 Å². The van der Waals surface area contributed by atoms with Crippen LogP contribution in [0.2, 0.25) is 0 Å². The normalized spacial score (nSPS) is 10.8.